The van der Waals surface area contributed by atoms with Crippen LogP contribution in [0.4, 0.5) is 0 Å². The van der Waals surface area contributed by atoms with Crippen molar-refractivity contribution in [1.29, 1.82) is 0 Å². The van der Waals surface area contributed by atoms with Crippen molar-refractivity contribution in [2.75, 3.05) is 7.11 Å². The second-order valence-corrected chi connectivity index (χ2v) is 4.51. The van der Waals surface area contributed by atoms with Crippen molar-refractivity contribution >= 4 is 17.8 Å². The van der Waals surface area contributed by atoms with Crippen molar-refractivity contribution in [3.8, 4) is 11.5 Å². The van der Waals surface area contributed by atoms with E-state index in [-0.39, 0.29) is 22.8 Å². The minimum Gasteiger partial charge on any atom is -0.504 e. The fraction of sp³-hybridized carbons (Fsp3) is 0.0588. The Kier molecular flexibility index (Phi) is 4.58. The minimum atomic E-state index is -1.03. The van der Waals surface area contributed by atoms with E-state index < -0.39 is 5.97 Å². The second-order valence-electron chi connectivity index (χ2n) is 4.51. The molecule has 0 fully saturated rings. The molecule has 0 aliphatic rings. The van der Waals surface area contributed by atoms with Crippen LogP contribution < -0.4 is 4.74 Å². The number of methoxy groups -OCH3 is 1. The number of carbonyl (C=O) groups is 2. The van der Waals surface area contributed by atoms with Crippen LogP contribution in [0.15, 0.2) is 48.5 Å². The number of phenolic OH excluding ortho intramolecular Hbond substituents is 1. The zero-order valence-electron chi connectivity index (χ0n) is 11.8. The summed E-state index contributed by atoms with van der Waals surface area (Å²) in [6.07, 6.45) is 2.85. The Balaban J connectivity index is 2.19. The van der Waals surface area contributed by atoms with Crippen LogP contribution in [0, 0.1) is 0 Å². The van der Waals surface area contributed by atoms with Crippen LogP contribution in [0.2, 0.25) is 0 Å². The largest absolute Gasteiger partial charge is 0.504 e. The lowest BCUT2D eigenvalue weighted by Crippen LogP contribution is -1.96. The molecule has 2 rings (SSSR count). The molecule has 0 aromatic heterocycles. The van der Waals surface area contributed by atoms with Gasteiger partial charge in [-0.05, 0) is 42.0 Å². The predicted octanol–water partition coefficient (Wildman–Crippen LogP) is 3.00. The van der Waals surface area contributed by atoms with E-state index in [4.69, 9.17) is 9.84 Å². The van der Waals surface area contributed by atoms with E-state index in [0.29, 0.717) is 11.1 Å². The number of carboxylic acid groups (broad SMARTS) is 1. The number of phenols is 1. The molecule has 0 spiro atoms. The molecule has 0 aliphatic carbocycles. The van der Waals surface area contributed by atoms with E-state index in [1.54, 1.807) is 18.2 Å². The number of carbonyl (C=O) groups excluding carboxylic acids is 1. The molecule has 2 N–H and O–H groups in total. The molecule has 0 radical (unpaired) electrons. The van der Waals surface area contributed by atoms with Gasteiger partial charge in [-0.1, -0.05) is 18.2 Å². The van der Waals surface area contributed by atoms with Crippen LogP contribution in [0.1, 0.15) is 26.3 Å². The maximum Gasteiger partial charge on any atom is 0.335 e. The van der Waals surface area contributed by atoms with E-state index in [9.17, 15) is 14.7 Å². The van der Waals surface area contributed by atoms with E-state index in [2.05, 4.69) is 0 Å². The number of hydrogen-bond acceptors (Lipinski definition) is 4. The van der Waals surface area contributed by atoms with Crippen LogP contribution in [-0.4, -0.2) is 29.1 Å². The topological polar surface area (TPSA) is 83.8 Å². The van der Waals surface area contributed by atoms with Gasteiger partial charge in [0.1, 0.15) is 0 Å². The molecule has 0 atom stereocenters. The van der Waals surface area contributed by atoms with E-state index in [1.165, 1.54) is 43.5 Å². The lowest BCUT2D eigenvalue weighted by Gasteiger charge is -2.04. The molecule has 5 heteroatoms. The summed E-state index contributed by atoms with van der Waals surface area (Å²) in [6.45, 7) is 0. The van der Waals surface area contributed by atoms with Crippen molar-refractivity contribution in [3.63, 3.8) is 0 Å². The SMILES string of the molecule is COc1ccc(C(=O)/C=C/c2cccc(C(=O)O)c2)cc1O. The van der Waals surface area contributed by atoms with Gasteiger partial charge in [0.05, 0.1) is 12.7 Å². The zero-order chi connectivity index (χ0) is 16.1. The van der Waals surface area contributed by atoms with Gasteiger partial charge < -0.3 is 14.9 Å². The first-order valence-corrected chi connectivity index (χ1v) is 6.44. The summed E-state index contributed by atoms with van der Waals surface area (Å²) in [6, 6.07) is 10.6. The summed E-state index contributed by atoms with van der Waals surface area (Å²) in [5, 5.41) is 18.6. The average Bonchev–Trinajstić information content (AvgIpc) is 2.52. The first kappa shape index (κ1) is 15.3. The van der Waals surface area contributed by atoms with Crippen LogP contribution in [-0.2, 0) is 0 Å². The molecule has 0 bridgehead atoms. The minimum absolute atomic E-state index is 0.116. The van der Waals surface area contributed by atoms with Crippen LogP contribution in [0.5, 0.6) is 11.5 Å². The zero-order valence-corrected chi connectivity index (χ0v) is 11.8. The van der Waals surface area contributed by atoms with Crippen LogP contribution >= 0.6 is 0 Å². The Morgan fingerprint density at radius 2 is 1.86 bits per heavy atom. The smallest absolute Gasteiger partial charge is 0.335 e. The third kappa shape index (κ3) is 3.52. The molecule has 112 valence electrons. The van der Waals surface area contributed by atoms with Gasteiger partial charge in [-0.2, -0.15) is 0 Å². The lowest BCUT2D eigenvalue weighted by atomic mass is 10.1. The molecule has 22 heavy (non-hydrogen) atoms. The highest BCUT2D eigenvalue weighted by molar-refractivity contribution is 6.07. The summed E-state index contributed by atoms with van der Waals surface area (Å²) in [5.74, 6) is -1.16. The monoisotopic (exact) mass is 298 g/mol. The number of ether oxygens (including phenoxy) is 1. The highest BCUT2D eigenvalue weighted by Crippen LogP contribution is 2.26. The quantitative estimate of drug-likeness (QED) is 0.655. The Hall–Kier alpha value is -3.08. The van der Waals surface area contributed by atoms with Gasteiger partial charge in [0.15, 0.2) is 17.3 Å². The summed E-state index contributed by atoms with van der Waals surface area (Å²) in [5.41, 5.74) is 1.06. The van der Waals surface area contributed by atoms with Gasteiger partial charge in [-0.15, -0.1) is 0 Å². The number of benzene rings is 2. The fourth-order valence-corrected chi connectivity index (χ4v) is 1.89. The van der Waals surface area contributed by atoms with Crippen LogP contribution in [0.25, 0.3) is 6.08 Å². The highest BCUT2D eigenvalue weighted by atomic mass is 16.5. The van der Waals surface area contributed by atoms with Crippen molar-refractivity contribution in [3.05, 3.63) is 65.2 Å². The standard InChI is InChI=1S/C17H14O5/c1-22-16-8-6-12(10-15(16)19)14(18)7-5-11-3-2-4-13(9-11)17(20)21/h2-10,19H,1H3,(H,20,21)/b7-5+. The Morgan fingerprint density at radius 3 is 2.50 bits per heavy atom. The van der Waals surface area contributed by atoms with Crippen molar-refractivity contribution in [2.24, 2.45) is 0 Å². The van der Waals surface area contributed by atoms with E-state index in [0.717, 1.165) is 0 Å². The van der Waals surface area contributed by atoms with Gasteiger partial charge in [0, 0.05) is 5.56 Å². The number of ketones is 1. The highest BCUT2D eigenvalue weighted by Gasteiger charge is 2.07. The molecule has 0 saturated heterocycles. The number of carboxylic acids is 1. The van der Waals surface area contributed by atoms with Gasteiger partial charge >= 0.3 is 5.97 Å². The van der Waals surface area contributed by atoms with Gasteiger partial charge in [0.2, 0.25) is 0 Å². The van der Waals surface area contributed by atoms with Crippen LogP contribution in [0.3, 0.4) is 0 Å². The Labute approximate surface area is 127 Å². The molecule has 0 aliphatic heterocycles. The summed E-state index contributed by atoms with van der Waals surface area (Å²) in [7, 11) is 1.42. The van der Waals surface area contributed by atoms with Crippen molar-refractivity contribution in [2.45, 2.75) is 0 Å². The van der Waals surface area contributed by atoms with Crippen molar-refractivity contribution < 1.29 is 24.5 Å². The predicted molar refractivity (Wildman–Crippen MR) is 81.4 cm³/mol. The molecule has 0 saturated carbocycles. The molecular weight excluding hydrogens is 284 g/mol. The average molecular weight is 298 g/mol. The second kappa shape index (κ2) is 6.58. The molecular formula is C17H14O5. The normalized spacial score (nSPS) is 10.6. The van der Waals surface area contributed by atoms with Crippen molar-refractivity contribution in [1.82, 2.24) is 0 Å². The number of aromatic carboxylic acids is 1. The van der Waals surface area contributed by atoms with Gasteiger partial charge in [-0.25, -0.2) is 4.79 Å². The maximum atomic E-state index is 12.0. The first-order valence-electron chi connectivity index (χ1n) is 6.44. The molecule has 0 unspecified atom stereocenters. The lowest BCUT2D eigenvalue weighted by molar-refractivity contribution is 0.0696. The number of aromatic hydroxyl groups is 1. The summed E-state index contributed by atoms with van der Waals surface area (Å²) in [4.78, 5) is 22.9. The van der Waals surface area contributed by atoms with E-state index in [1.807, 2.05) is 0 Å². The third-order valence-electron chi connectivity index (χ3n) is 3.02. The molecule has 0 heterocycles. The number of rotatable bonds is 5. The molecule has 5 nitrogen and oxygen atoms in total. The van der Waals surface area contributed by atoms with Gasteiger partial charge in [-0.3, -0.25) is 4.79 Å². The van der Waals surface area contributed by atoms with E-state index >= 15 is 0 Å². The summed E-state index contributed by atoms with van der Waals surface area (Å²) >= 11 is 0. The Bertz CT molecular complexity index is 746. The Morgan fingerprint density at radius 1 is 1.09 bits per heavy atom. The number of allylic oxidation sites excluding steroid dienone is 1. The summed E-state index contributed by atoms with van der Waals surface area (Å²) < 4.78 is 4.91. The van der Waals surface area contributed by atoms with Gasteiger partial charge in [0.25, 0.3) is 0 Å². The number of hydrogen-bond donors (Lipinski definition) is 2. The molecule has 2 aromatic rings. The molecule has 2 aromatic carbocycles. The fourth-order valence-electron chi connectivity index (χ4n) is 1.89. The third-order valence-corrected chi connectivity index (χ3v) is 3.02. The maximum absolute atomic E-state index is 12.0. The first-order chi connectivity index (χ1) is 10.5. The molecule has 0 amide bonds.